The summed E-state index contributed by atoms with van der Waals surface area (Å²) in [6.07, 6.45) is 0.949. The topological polar surface area (TPSA) is 38.0 Å². The molecular formula is C15H14BrCl2FN2. The van der Waals surface area contributed by atoms with E-state index in [1.807, 2.05) is 0 Å². The molecule has 0 aliphatic carbocycles. The lowest BCUT2D eigenvalue weighted by Crippen LogP contribution is -2.38. The van der Waals surface area contributed by atoms with Crippen LogP contribution in [0.3, 0.4) is 0 Å². The number of hydrazine groups is 1. The highest BCUT2D eigenvalue weighted by molar-refractivity contribution is 9.10. The van der Waals surface area contributed by atoms with Crippen molar-refractivity contribution in [2.45, 2.75) is 18.9 Å². The first-order chi connectivity index (χ1) is 10.0. The molecule has 0 aromatic heterocycles. The first kappa shape index (κ1) is 16.7. The van der Waals surface area contributed by atoms with Crippen LogP contribution in [0.1, 0.15) is 11.1 Å². The van der Waals surface area contributed by atoms with Crippen LogP contribution in [-0.4, -0.2) is 6.04 Å². The molecule has 0 fully saturated rings. The van der Waals surface area contributed by atoms with E-state index in [-0.39, 0.29) is 11.9 Å². The molecule has 2 aromatic carbocycles. The number of nitrogens with one attached hydrogen (secondary N) is 1. The molecule has 3 N–H and O–H groups in total. The number of halogens is 4. The van der Waals surface area contributed by atoms with E-state index in [9.17, 15) is 4.39 Å². The quantitative estimate of drug-likeness (QED) is 0.581. The predicted octanol–water partition coefficient (Wildman–Crippen LogP) is 4.51. The molecule has 6 heteroatoms. The van der Waals surface area contributed by atoms with Crippen LogP contribution in [0.4, 0.5) is 4.39 Å². The summed E-state index contributed by atoms with van der Waals surface area (Å²) in [4.78, 5) is 0. The van der Waals surface area contributed by atoms with Gasteiger partial charge in [-0.1, -0.05) is 45.2 Å². The maximum Gasteiger partial charge on any atom is 0.126 e. The number of benzene rings is 2. The van der Waals surface area contributed by atoms with Gasteiger partial charge in [0, 0.05) is 20.6 Å². The Kier molecular flexibility index (Phi) is 6.02. The Hall–Kier alpha value is -0.650. The average Bonchev–Trinajstić information content (AvgIpc) is 2.45. The van der Waals surface area contributed by atoms with E-state index in [1.165, 1.54) is 6.07 Å². The van der Waals surface area contributed by atoms with E-state index in [4.69, 9.17) is 29.0 Å². The smallest absolute Gasteiger partial charge is 0.126 e. The molecule has 2 aromatic rings. The van der Waals surface area contributed by atoms with Crippen LogP contribution in [0.2, 0.25) is 10.0 Å². The van der Waals surface area contributed by atoms with Gasteiger partial charge in [0.15, 0.2) is 0 Å². The molecular weight excluding hydrogens is 378 g/mol. The fourth-order valence-corrected chi connectivity index (χ4v) is 3.09. The number of nitrogens with two attached hydrogens (primary N) is 1. The van der Waals surface area contributed by atoms with Crippen molar-refractivity contribution < 1.29 is 4.39 Å². The highest BCUT2D eigenvalue weighted by Crippen LogP contribution is 2.26. The lowest BCUT2D eigenvalue weighted by atomic mass is 9.99. The van der Waals surface area contributed by atoms with Crippen LogP contribution >= 0.6 is 39.1 Å². The zero-order valence-corrected chi connectivity index (χ0v) is 14.1. The maximum absolute atomic E-state index is 13.8. The summed E-state index contributed by atoms with van der Waals surface area (Å²) in [6, 6.07) is 9.99. The molecule has 0 heterocycles. The molecule has 0 bridgehead atoms. The summed E-state index contributed by atoms with van der Waals surface area (Å²) in [5, 5.41) is 1.16. The molecule has 0 aliphatic heterocycles. The van der Waals surface area contributed by atoms with Gasteiger partial charge < -0.3 is 0 Å². The molecule has 0 radical (unpaired) electrons. The summed E-state index contributed by atoms with van der Waals surface area (Å²) in [5.74, 6) is 5.33. The molecule has 1 atom stereocenters. The number of hydrogen-bond acceptors (Lipinski definition) is 2. The first-order valence-corrected chi connectivity index (χ1v) is 7.89. The highest BCUT2D eigenvalue weighted by Gasteiger charge is 2.15. The normalized spacial score (nSPS) is 12.4. The second-order valence-corrected chi connectivity index (χ2v) is 6.44. The van der Waals surface area contributed by atoms with Gasteiger partial charge in [-0.15, -0.1) is 0 Å². The lowest BCUT2D eigenvalue weighted by molar-refractivity contribution is 0.506. The summed E-state index contributed by atoms with van der Waals surface area (Å²) >= 11 is 15.6. The molecule has 1 unspecified atom stereocenters. The Bertz CT molecular complexity index is 617. The van der Waals surface area contributed by atoms with E-state index in [0.717, 1.165) is 10.0 Å². The first-order valence-electron chi connectivity index (χ1n) is 6.34. The molecule has 112 valence electrons. The third kappa shape index (κ3) is 4.41. The van der Waals surface area contributed by atoms with Crippen LogP contribution in [-0.2, 0) is 12.8 Å². The lowest BCUT2D eigenvalue weighted by Gasteiger charge is -2.18. The fraction of sp³-hybridized carbons (Fsp3) is 0.200. The van der Waals surface area contributed by atoms with Crippen molar-refractivity contribution in [3.05, 3.63) is 67.9 Å². The summed E-state index contributed by atoms with van der Waals surface area (Å²) in [6.45, 7) is 0. The Morgan fingerprint density at radius 3 is 2.43 bits per heavy atom. The molecule has 0 amide bonds. The Morgan fingerprint density at radius 1 is 1.14 bits per heavy atom. The SMILES string of the molecule is NNC(Cc1cc(Br)ccc1F)Cc1c(Cl)cccc1Cl. The van der Waals surface area contributed by atoms with Crippen molar-refractivity contribution in [3.63, 3.8) is 0 Å². The largest absolute Gasteiger partial charge is 0.271 e. The Labute approximate surface area is 141 Å². The van der Waals surface area contributed by atoms with Crippen molar-refractivity contribution in [1.82, 2.24) is 5.43 Å². The molecule has 2 nitrogen and oxygen atoms in total. The van der Waals surface area contributed by atoms with Gasteiger partial charge in [-0.2, -0.15) is 0 Å². The Balaban J connectivity index is 2.19. The van der Waals surface area contributed by atoms with Gasteiger partial charge in [-0.3, -0.25) is 11.3 Å². The van der Waals surface area contributed by atoms with E-state index in [2.05, 4.69) is 21.4 Å². The average molecular weight is 392 g/mol. The predicted molar refractivity (Wildman–Crippen MR) is 89.1 cm³/mol. The monoisotopic (exact) mass is 390 g/mol. The van der Waals surface area contributed by atoms with Gasteiger partial charge in [0.2, 0.25) is 0 Å². The van der Waals surface area contributed by atoms with E-state index >= 15 is 0 Å². The minimum absolute atomic E-state index is 0.175. The van der Waals surface area contributed by atoms with Gasteiger partial charge in [0.25, 0.3) is 0 Å². The third-order valence-corrected chi connectivity index (χ3v) is 4.42. The van der Waals surface area contributed by atoms with Crippen molar-refractivity contribution in [1.29, 1.82) is 0 Å². The van der Waals surface area contributed by atoms with Gasteiger partial charge >= 0.3 is 0 Å². The Morgan fingerprint density at radius 2 is 1.81 bits per heavy atom. The molecule has 0 saturated heterocycles. The fourth-order valence-electron chi connectivity index (χ4n) is 2.13. The second-order valence-electron chi connectivity index (χ2n) is 4.71. The summed E-state index contributed by atoms with van der Waals surface area (Å²) in [7, 11) is 0. The molecule has 21 heavy (non-hydrogen) atoms. The maximum atomic E-state index is 13.8. The van der Waals surface area contributed by atoms with Crippen molar-refractivity contribution >= 4 is 39.1 Å². The van der Waals surface area contributed by atoms with E-state index < -0.39 is 0 Å². The van der Waals surface area contributed by atoms with Crippen molar-refractivity contribution in [3.8, 4) is 0 Å². The third-order valence-electron chi connectivity index (χ3n) is 3.22. The summed E-state index contributed by atoms with van der Waals surface area (Å²) < 4.78 is 14.6. The minimum atomic E-state index is -0.260. The van der Waals surface area contributed by atoms with Crippen molar-refractivity contribution in [2.24, 2.45) is 5.84 Å². The highest BCUT2D eigenvalue weighted by atomic mass is 79.9. The molecule has 0 aliphatic rings. The molecule has 0 spiro atoms. The van der Waals surface area contributed by atoms with E-state index in [0.29, 0.717) is 28.5 Å². The van der Waals surface area contributed by atoms with Crippen molar-refractivity contribution in [2.75, 3.05) is 0 Å². The van der Waals surface area contributed by atoms with Gasteiger partial charge in [-0.05, 0) is 54.3 Å². The zero-order valence-electron chi connectivity index (χ0n) is 11.0. The minimum Gasteiger partial charge on any atom is -0.271 e. The van der Waals surface area contributed by atoms with Crippen LogP contribution in [0.25, 0.3) is 0 Å². The van der Waals surface area contributed by atoms with Gasteiger partial charge in [0.05, 0.1) is 0 Å². The van der Waals surface area contributed by atoms with Gasteiger partial charge in [-0.25, -0.2) is 4.39 Å². The zero-order chi connectivity index (χ0) is 15.4. The van der Waals surface area contributed by atoms with E-state index in [1.54, 1.807) is 30.3 Å². The summed E-state index contributed by atoms with van der Waals surface area (Å²) in [5.41, 5.74) is 4.08. The molecule has 2 rings (SSSR count). The second kappa shape index (κ2) is 7.56. The number of rotatable bonds is 5. The van der Waals surface area contributed by atoms with Crippen LogP contribution in [0.15, 0.2) is 40.9 Å². The number of hydrogen-bond donors (Lipinski definition) is 2. The molecule has 0 saturated carbocycles. The standard InChI is InChI=1S/C15H14BrCl2FN2/c16-10-4-5-15(19)9(6-10)7-11(21-20)8-12-13(17)2-1-3-14(12)18/h1-6,11,21H,7-8,20H2. The van der Waals surface area contributed by atoms with Gasteiger partial charge in [0.1, 0.15) is 5.82 Å². The van der Waals surface area contributed by atoms with Crippen LogP contribution in [0, 0.1) is 5.82 Å². The van der Waals surface area contributed by atoms with Crippen LogP contribution in [0.5, 0.6) is 0 Å². The van der Waals surface area contributed by atoms with Crippen LogP contribution < -0.4 is 11.3 Å².